The Balaban J connectivity index is 3.00. The highest BCUT2D eigenvalue weighted by Gasteiger charge is 2.36. The van der Waals surface area contributed by atoms with Crippen LogP contribution in [0.2, 0.25) is 0 Å². The van der Waals surface area contributed by atoms with Crippen molar-refractivity contribution in [1.82, 2.24) is 0 Å². The SMILES string of the molecule is CC1=C(C)CC(S(=O)(=O)O)C(CC(=O)O)C1. The average Bonchev–Trinajstić information content (AvgIpc) is 2.08. The summed E-state index contributed by atoms with van der Waals surface area (Å²) in [6.45, 7) is 3.68. The number of carbonyl (C=O) groups is 1. The third-order valence-electron chi connectivity index (χ3n) is 3.15. The molecule has 0 spiro atoms. The maximum Gasteiger partial charge on any atom is 0.303 e. The van der Waals surface area contributed by atoms with Gasteiger partial charge in [-0.15, -0.1) is 0 Å². The van der Waals surface area contributed by atoms with E-state index in [1.807, 2.05) is 13.8 Å². The lowest BCUT2D eigenvalue weighted by atomic mass is 9.83. The minimum atomic E-state index is -4.17. The van der Waals surface area contributed by atoms with Gasteiger partial charge in [0.15, 0.2) is 0 Å². The Bertz CT molecular complexity index is 420. The molecule has 16 heavy (non-hydrogen) atoms. The Hall–Kier alpha value is -0.880. The van der Waals surface area contributed by atoms with E-state index in [1.165, 1.54) is 0 Å². The molecule has 0 bridgehead atoms. The topological polar surface area (TPSA) is 91.7 Å². The van der Waals surface area contributed by atoms with Gasteiger partial charge in [0.1, 0.15) is 0 Å². The van der Waals surface area contributed by atoms with Gasteiger partial charge < -0.3 is 5.11 Å². The average molecular weight is 248 g/mol. The molecule has 5 nitrogen and oxygen atoms in total. The fourth-order valence-corrected chi connectivity index (χ4v) is 3.26. The Labute approximate surface area is 94.9 Å². The van der Waals surface area contributed by atoms with Gasteiger partial charge in [-0.3, -0.25) is 9.35 Å². The lowest BCUT2D eigenvalue weighted by molar-refractivity contribution is -0.138. The molecule has 0 saturated heterocycles. The Morgan fingerprint density at radius 3 is 2.25 bits per heavy atom. The quantitative estimate of drug-likeness (QED) is 0.582. The smallest absolute Gasteiger partial charge is 0.303 e. The maximum atomic E-state index is 11.2. The standard InChI is InChI=1S/C10H16O5S/c1-6-3-8(5-10(11)12)9(4-7(6)2)16(13,14)15/h8-9H,3-5H2,1-2H3,(H,11,12)(H,13,14,15). The van der Waals surface area contributed by atoms with Crippen LogP contribution < -0.4 is 0 Å². The molecule has 0 aromatic heterocycles. The van der Waals surface area contributed by atoms with Crippen molar-refractivity contribution in [2.24, 2.45) is 5.92 Å². The van der Waals surface area contributed by atoms with Gasteiger partial charge in [0.2, 0.25) is 0 Å². The molecular weight excluding hydrogens is 232 g/mol. The predicted octanol–water partition coefficient (Wildman–Crippen LogP) is 1.46. The first-order valence-electron chi connectivity index (χ1n) is 5.05. The van der Waals surface area contributed by atoms with Crippen molar-refractivity contribution in [3.05, 3.63) is 11.1 Å². The van der Waals surface area contributed by atoms with E-state index in [0.717, 1.165) is 11.1 Å². The summed E-state index contributed by atoms with van der Waals surface area (Å²) >= 11 is 0. The van der Waals surface area contributed by atoms with E-state index in [4.69, 9.17) is 9.66 Å². The molecule has 0 aliphatic heterocycles. The molecule has 2 atom stereocenters. The Morgan fingerprint density at radius 1 is 1.31 bits per heavy atom. The van der Waals surface area contributed by atoms with E-state index in [-0.39, 0.29) is 12.8 Å². The van der Waals surface area contributed by atoms with Crippen LogP contribution in [-0.4, -0.2) is 29.3 Å². The third-order valence-corrected chi connectivity index (χ3v) is 4.47. The van der Waals surface area contributed by atoms with Crippen LogP contribution in [0.1, 0.15) is 33.1 Å². The number of allylic oxidation sites excluding steroid dienone is 2. The highest BCUT2D eigenvalue weighted by atomic mass is 32.2. The summed E-state index contributed by atoms with van der Waals surface area (Å²) in [5.74, 6) is -1.57. The summed E-state index contributed by atoms with van der Waals surface area (Å²) in [7, 11) is -4.17. The second-order valence-electron chi connectivity index (χ2n) is 4.38. The zero-order valence-electron chi connectivity index (χ0n) is 9.30. The predicted molar refractivity (Wildman–Crippen MR) is 58.7 cm³/mol. The van der Waals surface area contributed by atoms with Crippen LogP contribution in [0.5, 0.6) is 0 Å². The van der Waals surface area contributed by atoms with E-state index >= 15 is 0 Å². The fourth-order valence-electron chi connectivity index (χ4n) is 2.12. The van der Waals surface area contributed by atoms with Crippen molar-refractivity contribution in [3.8, 4) is 0 Å². The largest absolute Gasteiger partial charge is 0.481 e. The van der Waals surface area contributed by atoms with E-state index in [9.17, 15) is 13.2 Å². The van der Waals surface area contributed by atoms with Gasteiger partial charge in [-0.2, -0.15) is 8.42 Å². The highest BCUT2D eigenvalue weighted by Crippen LogP contribution is 2.34. The molecule has 0 aromatic rings. The van der Waals surface area contributed by atoms with Crippen molar-refractivity contribution < 1.29 is 22.9 Å². The van der Waals surface area contributed by atoms with Gasteiger partial charge in [0, 0.05) is 6.42 Å². The van der Waals surface area contributed by atoms with E-state index < -0.39 is 27.3 Å². The zero-order chi connectivity index (χ0) is 12.5. The first-order chi connectivity index (χ1) is 7.21. The molecule has 1 aliphatic rings. The normalized spacial score (nSPS) is 26.9. The first kappa shape index (κ1) is 13.2. The number of aliphatic carboxylic acids is 1. The third kappa shape index (κ3) is 3.05. The summed E-state index contributed by atoms with van der Waals surface area (Å²) in [6, 6.07) is 0. The number of hydrogen-bond donors (Lipinski definition) is 2. The van der Waals surface area contributed by atoms with Gasteiger partial charge in [0.05, 0.1) is 5.25 Å². The summed E-state index contributed by atoms with van der Waals surface area (Å²) in [4.78, 5) is 10.6. The molecule has 1 rings (SSSR count). The number of rotatable bonds is 3. The van der Waals surface area contributed by atoms with Gasteiger partial charge in [-0.1, -0.05) is 11.1 Å². The molecule has 6 heteroatoms. The fraction of sp³-hybridized carbons (Fsp3) is 0.700. The monoisotopic (exact) mass is 248 g/mol. The van der Waals surface area contributed by atoms with Crippen molar-refractivity contribution in [3.63, 3.8) is 0 Å². The molecule has 0 aromatic carbocycles. The number of carboxylic acids is 1. The van der Waals surface area contributed by atoms with Crippen molar-refractivity contribution >= 4 is 16.1 Å². The maximum absolute atomic E-state index is 11.2. The second-order valence-corrected chi connectivity index (χ2v) is 6.02. The van der Waals surface area contributed by atoms with Gasteiger partial charge in [0.25, 0.3) is 10.1 Å². The van der Waals surface area contributed by atoms with E-state index in [1.54, 1.807) is 0 Å². The first-order valence-corrected chi connectivity index (χ1v) is 6.55. The van der Waals surface area contributed by atoms with Crippen LogP contribution in [0.3, 0.4) is 0 Å². The van der Waals surface area contributed by atoms with E-state index in [2.05, 4.69) is 0 Å². The molecule has 2 unspecified atom stereocenters. The minimum Gasteiger partial charge on any atom is -0.481 e. The zero-order valence-corrected chi connectivity index (χ0v) is 10.1. The van der Waals surface area contributed by atoms with Gasteiger partial charge in [-0.05, 0) is 32.6 Å². The Kier molecular flexibility index (Phi) is 3.75. The lowest BCUT2D eigenvalue weighted by Crippen LogP contribution is -2.34. The van der Waals surface area contributed by atoms with Crippen LogP contribution in [0.25, 0.3) is 0 Å². The lowest BCUT2D eigenvalue weighted by Gasteiger charge is -2.29. The van der Waals surface area contributed by atoms with Crippen LogP contribution in [0.15, 0.2) is 11.1 Å². The summed E-state index contributed by atoms with van der Waals surface area (Å²) < 4.78 is 31.4. The van der Waals surface area contributed by atoms with Crippen LogP contribution in [0, 0.1) is 5.92 Å². The molecule has 0 heterocycles. The molecule has 92 valence electrons. The van der Waals surface area contributed by atoms with E-state index in [0.29, 0.717) is 6.42 Å². The number of carboxylic acid groups (broad SMARTS) is 1. The van der Waals surface area contributed by atoms with Crippen molar-refractivity contribution in [1.29, 1.82) is 0 Å². The van der Waals surface area contributed by atoms with Crippen LogP contribution in [0.4, 0.5) is 0 Å². The summed E-state index contributed by atoms with van der Waals surface area (Å²) in [5.41, 5.74) is 1.94. The summed E-state index contributed by atoms with van der Waals surface area (Å²) in [6.07, 6.45) is 0.417. The van der Waals surface area contributed by atoms with Crippen LogP contribution >= 0.6 is 0 Å². The molecular formula is C10H16O5S. The molecule has 0 saturated carbocycles. The molecule has 0 amide bonds. The molecule has 2 N–H and O–H groups in total. The molecule has 0 radical (unpaired) electrons. The van der Waals surface area contributed by atoms with Crippen molar-refractivity contribution in [2.75, 3.05) is 0 Å². The van der Waals surface area contributed by atoms with Gasteiger partial charge in [-0.25, -0.2) is 0 Å². The summed E-state index contributed by atoms with van der Waals surface area (Å²) in [5, 5.41) is 7.73. The number of hydrogen-bond acceptors (Lipinski definition) is 3. The minimum absolute atomic E-state index is 0.225. The molecule has 0 fully saturated rings. The van der Waals surface area contributed by atoms with Crippen molar-refractivity contribution in [2.45, 2.75) is 38.4 Å². The molecule has 1 aliphatic carbocycles. The highest BCUT2D eigenvalue weighted by molar-refractivity contribution is 7.86. The Morgan fingerprint density at radius 2 is 1.81 bits per heavy atom. The van der Waals surface area contributed by atoms with Gasteiger partial charge >= 0.3 is 5.97 Å². The second kappa shape index (κ2) is 4.55. The van der Waals surface area contributed by atoms with Crippen LogP contribution in [-0.2, 0) is 14.9 Å².